The Kier molecular flexibility index (Phi) is 5.27. The summed E-state index contributed by atoms with van der Waals surface area (Å²) >= 11 is 6.03. The van der Waals surface area contributed by atoms with Crippen LogP contribution in [0.5, 0.6) is 0 Å². The summed E-state index contributed by atoms with van der Waals surface area (Å²) in [5, 5.41) is 0.650. The summed E-state index contributed by atoms with van der Waals surface area (Å²) in [6, 6.07) is 15.8. The lowest BCUT2D eigenvalue weighted by Crippen LogP contribution is -2.50. The van der Waals surface area contributed by atoms with Crippen LogP contribution in [0.25, 0.3) is 0 Å². The average molecular weight is 398 g/mol. The van der Waals surface area contributed by atoms with Gasteiger partial charge in [0.15, 0.2) is 0 Å². The summed E-state index contributed by atoms with van der Waals surface area (Å²) in [6.45, 7) is 5.40. The Morgan fingerprint density at radius 1 is 1.04 bits per heavy atom. The lowest BCUT2D eigenvalue weighted by molar-refractivity contribution is -0.136. The molecular formula is C22H24ClN3O2. The molecule has 2 amide bonds. The van der Waals surface area contributed by atoms with Crippen molar-refractivity contribution >= 4 is 34.8 Å². The number of para-hydroxylation sites is 1. The van der Waals surface area contributed by atoms with E-state index in [1.807, 2.05) is 42.2 Å². The van der Waals surface area contributed by atoms with Crippen LogP contribution in [0.1, 0.15) is 12.0 Å². The van der Waals surface area contributed by atoms with Gasteiger partial charge in [0.25, 0.3) is 0 Å². The summed E-state index contributed by atoms with van der Waals surface area (Å²) < 4.78 is 0. The highest BCUT2D eigenvalue weighted by atomic mass is 35.5. The number of piperazine rings is 1. The predicted octanol–water partition coefficient (Wildman–Crippen LogP) is 3.35. The van der Waals surface area contributed by atoms with Crippen molar-refractivity contribution in [3.63, 3.8) is 0 Å². The minimum atomic E-state index is -0.272. The fourth-order valence-electron chi connectivity index (χ4n) is 4.11. The molecule has 2 aromatic rings. The summed E-state index contributed by atoms with van der Waals surface area (Å²) in [5.74, 6) is -0.173. The van der Waals surface area contributed by atoms with Crippen LogP contribution in [0.4, 0.5) is 11.4 Å². The minimum Gasteiger partial charge on any atom is -0.368 e. The smallest absolute Gasteiger partial charge is 0.228 e. The Balaban J connectivity index is 1.39. The van der Waals surface area contributed by atoms with Crippen molar-refractivity contribution < 1.29 is 9.59 Å². The van der Waals surface area contributed by atoms with E-state index in [4.69, 9.17) is 11.6 Å². The number of nitrogens with zero attached hydrogens (tertiary/aromatic N) is 3. The maximum absolute atomic E-state index is 13.0. The molecule has 4 rings (SSSR count). The third-order valence-electron chi connectivity index (χ3n) is 5.64. The van der Waals surface area contributed by atoms with E-state index in [1.165, 1.54) is 5.69 Å². The van der Waals surface area contributed by atoms with Crippen LogP contribution >= 0.6 is 11.6 Å². The Labute approximate surface area is 170 Å². The molecule has 2 aromatic carbocycles. The van der Waals surface area contributed by atoms with Gasteiger partial charge in [-0.05, 0) is 42.8 Å². The zero-order valence-electron chi connectivity index (χ0n) is 16.0. The van der Waals surface area contributed by atoms with Gasteiger partial charge in [0.05, 0.1) is 5.92 Å². The van der Waals surface area contributed by atoms with Crippen LogP contribution in [-0.2, 0) is 9.59 Å². The maximum Gasteiger partial charge on any atom is 0.228 e. The van der Waals surface area contributed by atoms with Crippen molar-refractivity contribution in [1.29, 1.82) is 0 Å². The lowest BCUT2D eigenvalue weighted by atomic mass is 10.1. The van der Waals surface area contributed by atoms with Crippen LogP contribution in [0.15, 0.2) is 48.5 Å². The number of benzene rings is 2. The van der Waals surface area contributed by atoms with Crippen LogP contribution in [-0.4, -0.2) is 49.4 Å². The summed E-state index contributed by atoms with van der Waals surface area (Å²) in [7, 11) is 0. The van der Waals surface area contributed by atoms with E-state index in [1.54, 1.807) is 11.0 Å². The molecule has 0 aliphatic carbocycles. The third kappa shape index (κ3) is 3.72. The van der Waals surface area contributed by atoms with Crippen LogP contribution < -0.4 is 9.80 Å². The number of carbonyl (C=O) groups excluding carboxylic acids is 2. The van der Waals surface area contributed by atoms with Gasteiger partial charge in [-0.2, -0.15) is 0 Å². The molecule has 146 valence electrons. The van der Waals surface area contributed by atoms with Gasteiger partial charge in [0, 0.05) is 55.5 Å². The highest BCUT2D eigenvalue weighted by Gasteiger charge is 2.38. The quantitative estimate of drug-likeness (QED) is 0.797. The molecule has 2 fully saturated rings. The number of anilines is 2. The van der Waals surface area contributed by atoms with E-state index in [0.29, 0.717) is 24.7 Å². The monoisotopic (exact) mass is 397 g/mol. The molecule has 6 heteroatoms. The Bertz CT molecular complexity index is 879. The van der Waals surface area contributed by atoms with Gasteiger partial charge in [-0.25, -0.2) is 0 Å². The summed E-state index contributed by atoms with van der Waals surface area (Å²) in [4.78, 5) is 31.5. The fraction of sp³-hybridized carbons (Fsp3) is 0.364. The first kappa shape index (κ1) is 18.8. The molecule has 0 saturated carbocycles. The van der Waals surface area contributed by atoms with Gasteiger partial charge in [0.1, 0.15) is 0 Å². The van der Waals surface area contributed by atoms with Gasteiger partial charge in [-0.15, -0.1) is 0 Å². The van der Waals surface area contributed by atoms with E-state index in [2.05, 4.69) is 17.0 Å². The zero-order valence-corrected chi connectivity index (χ0v) is 16.7. The first-order chi connectivity index (χ1) is 13.5. The maximum atomic E-state index is 13.0. The van der Waals surface area contributed by atoms with Gasteiger partial charge >= 0.3 is 0 Å². The first-order valence-electron chi connectivity index (χ1n) is 9.68. The second-order valence-electron chi connectivity index (χ2n) is 7.48. The topological polar surface area (TPSA) is 43.9 Å². The molecule has 28 heavy (non-hydrogen) atoms. The minimum absolute atomic E-state index is 0.00620. The SMILES string of the molecule is Cc1cc(Cl)ccc1N1CC(C(=O)N2CCN(c3ccccc3)CC2)CC1=O. The second-order valence-corrected chi connectivity index (χ2v) is 7.92. The fourth-order valence-corrected chi connectivity index (χ4v) is 4.34. The lowest BCUT2D eigenvalue weighted by Gasteiger charge is -2.37. The largest absolute Gasteiger partial charge is 0.368 e. The molecule has 2 aliphatic heterocycles. The number of rotatable bonds is 3. The molecule has 2 heterocycles. The standard InChI is InChI=1S/C22H24ClN3O2/c1-16-13-18(23)7-8-20(16)26-15-17(14-21(26)27)22(28)25-11-9-24(10-12-25)19-5-3-2-4-6-19/h2-8,13,17H,9-12,14-15H2,1H3. The number of halogens is 1. The molecule has 5 nitrogen and oxygen atoms in total. The molecule has 0 bridgehead atoms. The van der Waals surface area contributed by atoms with Crippen molar-refractivity contribution in [1.82, 2.24) is 4.90 Å². The number of carbonyl (C=O) groups is 2. The third-order valence-corrected chi connectivity index (χ3v) is 5.87. The molecule has 1 unspecified atom stereocenters. The molecule has 1 atom stereocenters. The van der Waals surface area contributed by atoms with Crippen molar-refractivity contribution in [3.05, 3.63) is 59.1 Å². The Hall–Kier alpha value is -2.53. The second kappa shape index (κ2) is 7.84. The Morgan fingerprint density at radius 3 is 2.43 bits per heavy atom. The van der Waals surface area contributed by atoms with E-state index in [-0.39, 0.29) is 24.2 Å². The molecule has 0 N–H and O–H groups in total. The molecule has 0 aromatic heterocycles. The van der Waals surface area contributed by atoms with E-state index in [0.717, 1.165) is 24.3 Å². The molecule has 2 saturated heterocycles. The molecule has 0 radical (unpaired) electrons. The van der Waals surface area contributed by atoms with E-state index in [9.17, 15) is 9.59 Å². The average Bonchev–Trinajstić information content (AvgIpc) is 3.10. The van der Waals surface area contributed by atoms with E-state index < -0.39 is 0 Å². The number of hydrogen-bond donors (Lipinski definition) is 0. The normalized spacial score (nSPS) is 20.0. The van der Waals surface area contributed by atoms with Crippen molar-refractivity contribution in [3.8, 4) is 0 Å². The van der Waals surface area contributed by atoms with Crippen molar-refractivity contribution in [2.45, 2.75) is 13.3 Å². The van der Waals surface area contributed by atoms with Crippen LogP contribution in [0, 0.1) is 12.8 Å². The zero-order chi connectivity index (χ0) is 19.7. The molecular weight excluding hydrogens is 374 g/mol. The highest BCUT2D eigenvalue weighted by Crippen LogP contribution is 2.30. The first-order valence-corrected chi connectivity index (χ1v) is 10.1. The highest BCUT2D eigenvalue weighted by molar-refractivity contribution is 6.30. The summed E-state index contributed by atoms with van der Waals surface area (Å²) in [5.41, 5.74) is 2.99. The van der Waals surface area contributed by atoms with E-state index >= 15 is 0 Å². The molecule has 0 spiro atoms. The summed E-state index contributed by atoms with van der Waals surface area (Å²) in [6.07, 6.45) is 0.278. The van der Waals surface area contributed by atoms with Gasteiger partial charge in [-0.1, -0.05) is 29.8 Å². The van der Waals surface area contributed by atoms with Crippen LogP contribution in [0.2, 0.25) is 5.02 Å². The van der Waals surface area contributed by atoms with Crippen LogP contribution in [0.3, 0.4) is 0 Å². The Morgan fingerprint density at radius 2 is 1.75 bits per heavy atom. The van der Waals surface area contributed by atoms with Crippen molar-refractivity contribution in [2.24, 2.45) is 5.92 Å². The van der Waals surface area contributed by atoms with Gasteiger partial charge in [-0.3, -0.25) is 9.59 Å². The van der Waals surface area contributed by atoms with Gasteiger partial charge < -0.3 is 14.7 Å². The van der Waals surface area contributed by atoms with Gasteiger partial charge in [0.2, 0.25) is 11.8 Å². The number of hydrogen-bond acceptors (Lipinski definition) is 3. The molecule has 2 aliphatic rings. The number of aryl methyl sites for hydroxylation is 1. The predicted molar refractivity (Wildman–Crippen MR) is 112 cm³/mol. The number of amides is 2. The van der Waals surface area contributed by atoms with Crippen molar-refractivity contribution in [2.75, 3.05) is 42.5 Å².